The minimum absolute atomic E-state index is 0. The van der Waals surface area contributed by atoms with E-state index in [-0.39, 0.29) is 145 Å². The molecule has 1 heterocycles. The van der Waals surface area contributed by atoms with Crippen LogP contribution >= 0.6 is 0 Å². The second-order valence-corrected chi connectivity index (χ2v) is 2.16. The topological polar surface area (TPSA) is 69.9 Å². The summed E-state index contributed by atoms with van der Waals surface area (Å²) >= 11 is 0. The van der Waals surface area contributed by atoms with Crippen LogP contribution < -0.4 is 0 Å². The summed E-state index contributed by atoms with van der Waals surface area (Å²) in [5.74, 6) is 0. The Bertz CT molecular complexity index is 105. The van der Waals surface area contributed by atoms with Crippen LogP contribution in [-0.4, -0.2) is 40.4 Å². The molecule has 0 aliphatic carbocycles. The van der Waals surface area contributed by atoms with E-state index in [1.165, 1.54) is 0 Å². The first-order chi connectivity index (χ1) is 4.20. The smallest absolute Gasteiger partial charge is 0.157 e. The fourth-order valence-electron chi connectivity index (χ4n) is 0.752. The summed E-state index contributed by atoms with van der Waals surface area (Å²) < 4.78 is 4.61. The first-order valence-corrected chi connectivity index (χ1v) is 2.86. The molecular weight excluding hydrogens is 805 g/mol. The summed E-state index contributed by atoms with van der Waals surface area (Å²) in [5.41, 5.74) is 0. The third-order valence-electron chi connectivity index (χ3n) is 1.35. The molecule has 63 valence electrons. The van der Waals surface area contributed by atoms with Gasteiger partial charge in [0.1, 0.15) is 6.10 Å². The minimum Gasteiger partial charge on any atom is -0.390 e. The Morgan fingerprint density at radius 2 is 1.42 bits per heavy atom. The molecule has 12 heavy (non-hydrogen) atoms. The standard InChI is InChI=1S/C5H10O4.3Ac/c6-3-1-5(8)9-2-4(3)7;;;/h3-8H,1-2H2;;;/t3-,4+,5?;;;/m0.../s1. The predicted molar refractivity (Wildman–Crippen MR) is 28.6 cm³/mol. The van der Waals surface area contributed by atoms with Gasteiger partial charge in [-0.2, -0.15) is 0 Å². The van der Waals surface area contributed by atoms with Gasteiger partial charge in [0.25, 0.3) is 0 Å². The van der Waals surface area contributed by atoms with E-state index >= 15 is 0 Å². The van der Waals surface area contributed by atoms with Crippen LogP contribution in [0.15, 0.2) is 0 Å². The van der Waals surface area contributed by atoms with Crippen molar-refractivity contribution >= 4 is 0 Å². The van der Waals surface area contributed by atoms with Crippen LogP contribution in [0.1, 0.15) is 6.42 Å². The Morgan fingerprint density at radius 1 is 0.917 bits per heavy atom. The van der Waals surface area contributed by atoms with Gasteiger partial charge in [-0.25, -0.2) is 0 Å². The molecule has 0 bridgehead atoms. The van der Waals surface area contributed by atoms with Gasteiger partial charge in [-0.3, -0.25) is 0 Å². The zero-order valence-corrected chi connectivity index (χ0v) is 20.9. The van der Waals surface area contributed by atoms with E-state index in [4.69, 9.17) is 15.3 Å². The maximum Gasteiger partial charge on any atom is 0.157 e. The van der Waals surface area contributed by atoms with Crippen molar-refractivity contribution in [2.75, 3.05) is 6.61 Å². The van der Waals surface area contributed by atoms with E-state index in [0.717, 1.165) is 0 Å². The van der Waals surface area contributed by atoms with Crippen LogP contribution in [0.3, 0.4) is 0 Å². The van der Waals surface area contributed by atoms with Crippen molar-refractivity contribution in [3.05, 3.63) is 0 Å². The van der Waals surface area contributed by atoms with E-state index in [2.05, 4.69) is 4.74 Å². The maximum atomic E-state index is 8.86. The number of hydrogen-bond donors (Lipinski definition) is 3. The molecule has 1 fully saturated rings. The molecule has 0 saturated carbocycles. The van der Waals surface area contributed by atoms with Gasteiger partial charge in [0.2, 0.25) is 0 Å². The monoisotopic (exact) mass is 815 g/mol. The van der Waals surface area contributed by atoms with Crippen molar-refractivity contribution in [2.45, 2.75) is 24.9 Å². The van der Waals surface area contributed by atoms with Crippen LogP contribution in [0, 0.1) is 132 Å². The van der Waals surface area contributed by atoms with E-state index in [0.29, 0.717) is 0 Å². The summed E-state index contributed by atoms with van der Waals surface area (Å²) in [4.78, 5) is 0. The molecule has 0 aromatic heterocycles. The average Bonchev–Trinajstić information content (AvgIpc) is 1.80. The molecule has 0 aromatic carbocycles. The number of aliphatic hydroxyl groups is 3. The van der Waals surface area contributed by atoms with Gasteiger partial charge in [-0.1, -0.05) is 0 Å². The third kappa shape index (κ3) is 8.33. The molecule has 0 spiro atoms. The average molecular weight is 815 g/mol. The summed E-state index contributed by atoms with van der Waals surface area (Å²) in [6.07, 6.45) is -2.49. The molecule has 1 rings (SSSR count). The van der Waals surface area contributed by atoms with E-state index in [1.807, 2.05) is 0 Å². The summed E-state index contributed by atoms with van der Waals surface area (Å²) in [7, 11) is 0. The molecule has 0 amide bonds. The fourth-order valence-corrected chi connectivity index (χ4v) is 0.752. The fraction of sp³-hybridized carbons (Fsp3) is 1.00. The van der Waals surface area contributed by atoms with E-state index < -0.39 is 18.5 Å². The second-order valence-electron chi connectivity index (χ2n) is 2.16. The predicted octanol–water partition coefficient (Wildman–Crippen LogP) is -1.55. The molecule has 4 nitrogen and oxygen atoms in total. The molecule has 3 radical (unpaired) electrons. The molecule has 7 heteroatoms. The zero-order chi connectivity index (χ0) is 6.85. The van der Waals surface area contributed by atoms with Crippen molar-refractivity contribution in [1.82, 2.24) is 0 Å². The third-order valence-corrected chi connectivity index (χ3v) is 1.35. The Labute approximate surface area is 179 Å². The Hall–Kier alpha value is 4.16. The van der Waals surface area contributed by atoms with Crippen LogP contribution in [-0.2, 0) is 4.74 Å². The molecule has 0 aromatic rings. The van der Waals surface area contributed by atoms with Crippen molar-refractivity contribution in [2.24, 2.45) is 0 Å². The van der Waals surface area contributed by atoms with Crippen molar-refractivity contribution in [3.63, 3.8) is 0 Å². The molecule has 3 atom stereocenters. The molecule has 1 aliphatic heterocycles. The minimum atomic E-state index is -0.914. The van der Waals surface area contributed by atoms with Gasteiger partial charge in [0.15, 0.2) is 6.29 Å². The summed E-state index contributed by atoms with van der Waals surface area (Å²) in [5, 5.41) is 26.4. The quantitative estimate of drug-likeness (QED) is 0.278. The van der Waals surface area contributed by atoms with E-state index in [1.54, 1.807) is 0 Å². The first-order valence-electron chi connectivity index (χ1n) is 2.86. The molecule has 3 N–H and O–H groups in total. The largest absolute Gasteiger partial charge is 0.390 e. The van der Waals surface area contributed by atoms with Crippen LogP contribution in [0.2, 0.25) is 0 Å². The van der Waals surface area contributed by atoms with Crippen molar-refractivity contribution in [1.29, 1.82) is 0 Å². The second kappa shape index (κ2) is 11.6. The molecular formula is C5H10Ac3O4. The van der Waals surface area contributed by atoms with Gasteiger partial charge >= 0.3 is 0 Å². The number of ether oxygens (including phenoxy) is 1. The van der Waals surface area contributed by atoms with Crippen LogP contribution in [0.4, 0.5) is 0 Å². The Balaban J connectivity index is -0.000000270. The maximum absolute atomic E-state index is 8.86. The van der Waals surface area contributed by atoms with Gasteiger partial charge in [-0.15, -0.1) is 0 Å². The van der Waals surface area contributed by atoms with Crippen molar-refractivity contribution in [3.8, 4) is 0 Å². The van der Waals surface area contributed by atoms with Crippen molar-refractivity contribution < 1.29 is 152 Å². The van der Waals surface area contributed by atoms with Gasteiger partial charge in [0, 0.05) is 139 Å². The normalized spacial score (nSPS) is 33.8. The Morgan fingerprint density at radius 3 is 1.75 bits per heavy atom. The van der Waals surface area contributed by atoms with E-state index in [9.17, 15) is 0 Å². The summed E-state index contributed by atoms with van der Waals surface area (Å²) in [6, 6.07) is 0. The molecule has 1 aliphatic rings. The van der Waals surface area contributed by atoms with Gasteiger partial charge < -0.3 is 20.1 Å². The molecule has 1 unspecified atom stereocenters. The first kappa shape index (κ1) is 21.4. The van der Waals surface area contributed by atoms with Gasteiger partial charge in [-0.05, 0) is 0 Å². The van der Waals surface area contributed by atoms with Gasteiger partial charge in [0.05, 0.1) is 12.7 Å². The zero-order valence-electron chi connectivity index (χ0n) is 6.63. The number of aliphatic hydroxyl groups excluding tert-OH is 3. The Kier molecular flexibility index (Phi) is 20.8. The SMILES string of the molecule is OC1C[C@H](O)[C@H](O)CO1.[Ac].[Ac].[Ac]. The number of rotatable bonds is 0. The molecule has 1 saturated heterocycles. The van der Waals surface area contributed by atoms with Crippen LogP contribution in [0.25, 0.3) is 0 Å². The summed E-state index contributed by atoms with van der Waals surface area (Å²) in [6.45, 7) is 0.0162. The van der Waals surface area contributed by atoms with Crippen LogP contribution in [0.5, 0.6) is 0 Å². The number of hydrogen-bond acceptors (Lipinski definition) is 4.